The number of nitro benzene ring substituents is 2. The van der Waals surface area contributed by atoms with Crippen molar-refractivity contribution < 1.29 is 18.3 Å². The molecular weight excluding hydrogens is 376 g/mol. The Morgan fingerprint density at radius 1 is 0.741 bits per heavy atom. The van der Waals surface area contributed by atoms with Crippen molar-refractivity contribution in [2.45, 2.75) is 4.90 Å². The van der Waals surface area contributed by atoms with Crippen LogP contribution in [0.25, 0.3) is 0 Å². The Labute approximate surface area is 155 Å². The van der Waals surface area contributed by atoms with Crippen LogP contribution in [-0.2, 0) is 10.0 Å². The van der Waals surface area contributed by atoms with Gasteiger partial charge in [-0.3, -0.25) is 20.2 Å². The summed E-state index contributed by atoms with van der Waals surface area (Å²) < 4.78 is 26.7. The van der Waals surface area contributed by atoms with Gasteiger partial charge >= 0.3 is 0 Å². The van der Waals surface area contributed by atoms with E-state index in [2.05, 4.69) is 0 Å². The SMILES string of the molecule is O=[N+]([O-])c1ccc(N2CCN(S(=O)(=O)c3ccc([N+](=O)[O-])cc3)CC2)cc1. The molecule has 2 aromatic rings. The van der Waals surface area contributed by atoms with Gasteiger partial charge in [0.05, 0.1) is 14.7 Å². The highest BCUT2D eigenvalue weighted by atomic mass is 32.2. The minimum atomic E-state index is -3.73. The van der Waals surface area contributed by atoms with Gasteiger partial charge in [-0.2, -0.15) is 4.31 Å². The summed E-state index contributed by atoms with van der Waals surface area (Å²) in [5.74, 6) is 0. The van der Waals surface area contributed by atoms with Gasteiger partial charge in [0.1, 0.15) is 0 Å². The molecule has 0 unspecified atom stereocenters. The summed E-state index contributed by atoms with van der Waals surface area (Å²) in [4.78, 5) is 22.3. The molecule has 0 spiro atoms. The van der Waals surface area contributed by atoms with Gasteiger partial charge in [-0.15, -0.1) is 0 Å². The van der Waals surface area contributed by atoms with Crippen molar-refractivity contribution in [3.8, 4) is 0 Å². The van der Waals surface area contributed by atoms with Crippen molar-refractivity contribution in [1.82, 2.24) is 4.31 Å². The molecule has 27 heavy (non-hydrogen) atoms. The first-order valence-corrected chi connectivity index (χ1v) is 9.47. The van der Waals surface area contributed by atoms with E-state index in [4.69, 9.17) is 0 Å². The fraction of sp³-hybridized carbons (Fsp3) is 0.250. The molecule has 1 aliphatic rings. The van der Waals surface area contributed by atoms with Gasteiger partial charge < -0.3 is 4.90 Å². The van der Waals surface area contributed by atoms with E-state index < -0.39 is 19.9 Å². The molecule has 1 aliphatic heterocycles. The van der Waals surface area contributed by atoms with E-state index in [-0.39, 0.29) is 29.4 Å². The van der Waals surface area contributed by atoms with Crippen molar-refractivity contribution in [1.29, 1.82) is 0 Å². The zero-order valence-electron chi connectivity index (χ0n) is 14.1. The molecular formula is C16H16N4O6S. The molecule has 0 bridgehead atoms. The van der Waals surface area contributed by atoms with Crippen molar-refractivity contribution in [3.63, 3.8) is 0 Å². The van der Waals surface area contributed by atoms with Crippen LogP contribution >= 0.6 is 0 Å². The van der Waals surface area contributed by atoms with Crippen LogP contribution in [0.15, 0.2) is 53.4 Å². The highest BCUT2D eigenvalue weighted by Crippen LogP contribution is 2.24. The van der Waals surface area contributed by atoms with Crippen LogP contribution in [0.3, 0.4) is 0 Å². The monoisotopic (exact) mass is 392 g/mol. The van der Waals surface area contributed by atoms with Gasteiger partial charge in [0.25, 0.3) is 11.4 Å². The standard InChI is InChI=1S/C16H16N4O6S/c21-19(22)14-3-1-13(2-4-14)17-9-11-18(12-10-17)27(25,26)16-7-5-15(6-8-16)20(23)24/h1-8H,9-12H2. The molecule has 1 fully saturated rings. The molecule has 2 aromatic carbocycles. The third-order valence-corrected chi connectivity index (χ3v) is 6.26. The maximum Gasteiger partial charge on any atom is 0.269 e. The first-order valence-electron chi connectivity index (χ1n) is 8.03. The summed E-state index contributed by atoms with van der Waals surface area (Å²) in [7, 11) is -3.73. The van der Waals surface area contributed by atoms with Gasteiger partial charge in [0.15, 0.2) is 0 Å². The Kier molecular flexibility index (Phi) is 5.06. The summed E-state index contributed by atoms with van der Waals surface area (Å²) in [6.45, 7) is 1.36. The number of hydrogen-bond donors (Lipinski definition) is 0. The largest absolute Gasteiger partial charge is 0.369 e. The lowest BCUT2D eigenvalue weighted by Gasteiger charge is -2.35. The number of anilines is 1. The van der Waals surface area contributed by atoms with Crippen LogP contribution in [0.4, 0.5) is 17.1 Å². The highest BCUT2D eigenvalue weighted by molar-refractivity contribution is 7.89. The molecule has 3 rings (SSSR count). The summed E-state index contributed by atoms with van der Waals surface area (Å²) in [6, 6.07) is 10.9. The predicted octanol–water partition coefficient (Wildman–Crippen LogP) is 2.01. The van der Waals surface area contributed by atoms with E-state index in [1.54, 1.807) is 12.1 Å². The second-order valence-electron chi connectivity index (χ2n) is 5.92. The number of sulfonamides is 1. The first kappa shape index (κ1) is 18.7. The molecule has 0 aliphatic carbocycles. The van der Waals surface area contributed by atoms with Crippen molar-refractivity contribution >= 4 is 27.1 Å². The quantitative estimate of drug-likeness (QED) is 0.562. The number of piperazine rings is 1. The van der Waals surface area contributed by atoms with Gasteiger partial charge in [-0.25, -0.2) is 8.42 Å². The number of benzene rings is 2. The van der Waals surface area contributed by atoms with Gasteiger partial charge in [0, 0.05) is 56.1 Å². The van der Waals surface area contributed by atoms with Crippen LogP contribution in [-0.4, -0.2) is 48.7 Å². The average Bonchev–Trinajstić information content (AvgIpc) is 2.68. The van der Waals surface area contributed by atoms with Crippen LogP contribution in [0.1, 0.15) is 0 Å². The third-order valence-electron chi connectivity index (χ3n) is 4.35. The summed E-state index contributed by atoms with van der Waals surface area (Å²) in [5.41, 5.74) is 0.614. The zero-order valence-corrected chi connectivity index (χ0v) is 14.9. The lowest BCUT2D eigenvalue weighted by Crippen LogP contribution is -2.48. The maximum absolute atomic E-state index is 12.7. The molecule has 0 atom stereocenters. The van der Waals surface area contributed by atoms with Crippen LogP contribution in [0.2, 0.25) is 0 Å². The van der Waals surface area contributed by atoms with Crippen LogP contribution in [0.5, 0.6) is 0 Å². The second kappa shape index (κ2) is 7.29. The minimum absolute atomic E-state index is 0.00173. The Hall–Kier alpha value is -3.05. The lowest BCUT2D eigenvalue weighted by atomic mass is 10.2. The summed E-state index contributed by atoms with van der Waals surface area (Å²) >= 11 is 0. The Balaban J connectivity index is 1.68. The number of non-ortho nitro benzene ring substituents is 2. The van der Waals surface area contributed by atoms with Crippen molar-refractivity contribution in [2.75, 3.05) is 31.1 Å². The van der Waals surface area contributed by atoms with E-state index in [0.29, 0.717) is 13.1 Å². The second-order valence-corrected chi connectivity index (χ2v) is 7.85. The number of nitro groups is 2. The predicted molar refractivity (Wildman–Crippen MR) is 97.2 cm³/mol. The molecule has 1 heterocycles. The molecule has 0 N–H and O–H groups in total. The van der Waals surface area contributed by atoms with Crippen molar-refractivity contribution in [3.05, 3.63) is 68.8 Å². The molecule has 0 radical (unpaired) electrons. The van der Waals surface area contributed by atoms with E-state index in [1.807, 2.05) is 4.90 Å². The van der Waals surface area contributed by atoms with E-state index in [9.17, 15) is 28.6 Å². The van der Waals surface area contributed by atoms with Gasteiger partial charge in [-0.1, -0.05) is 0 Å². The first-order chi connectivity index (χ1) is 12.8. The molecule has 142 valence electrons. The van der Waals surface area contributed by atoms with Crippen molar-refractivity contribution in [2.24, 2.45) is 0 Å². The Bertz CT molecular complexity index is 951. The molecule has 0 saturated carbocycles. The normalized spacial score (nSPS) is 15.5. The molecule has 10 nitrogen and oxygen atoms in total. The smallest absolute Gasteiger partial charge is 0.269 e. The molecule has 0 aromatic heterocycles. The zero-order chi connectivity index (χ0) is 19.6. The third kappa shape index (κ3) is 3.88. The highest BCUT2D eigenvalue weighted by Gasteiger charge is 2.29. The number of rotatable bonds is 5. The fourth-order valence-corrected chi connectivity index (χ4v) is 4.28. The van der Waals surface area contributed by atoms with E-state index in [0.717, 1.165) is 5.69 Å². The molecule has 1 saturated heterocycles. The fourth-order valence-electron chi connectivity index (χ4n) is 2.86. The topological polar surface area (TPSA) is 127 Å². The Morgan fingerprint density at radius 2 is 1.19 bits per heavy atom. The summed E-state index contributed by atoms with van der Waals surface area (Å²) in [6.07, 6.45) is 0. The average molecular weight is 392 g/mol. The van der Waals surface area contributed by atoms with Gasteiger partial charge in [-0.05, 0) is 24.3 Å². The van der Waals surface area contributed by atoms with Crippen LogP contribution in [0, 0.1) is 20.2 Å². The minimum Gasteiger partial charge on any atom is -0.369 e. The number of nitrogens with zero attached hydrogens (tertiary/aromatic N) is 4. The van der Waals surface area contributed by atoms with E-state index in [1.165, 1.54) is 40.7 Å². The van der Waals surface area contributed by atoms with Gasteiger partial charge in [0.2, 0.25) is 10.0 Å². The molecule has 11 heteroatoms. The number of hydrogen-bond acceptors (Lipinski definition) is 7. The molecule has 0 amide bonds. The Morgan fingerprint density at radius 3 is 1.63 bits per heavy atom. The van der Waals surface area contributed by atoms with Crippen LogP contribution < -0.4 is 4.90 Å². The van der Waals surface area contributed by atoms with E-state index >= 15 is 0 Å². The lowest BCUT2D eigenvalue weighted by molar-refractivity contribution is -0.385. The maximum atomic E-state index is 12.7. The summed E-state index contributed by atoms with van der Waals surface area (Å²) in [5, 5.41) is 21.4.